The van der Waals surface area contributed by atoms with Crippen LogP contribution in [0.3, 0.4) is 0 Å². The first kappa shape index (κ1) is 30.7. The predicted molar refractivity (Wildman–Crippen MR) is 152 cm³/mol. The fourth-order valence-corrected chi connectivity index (χ4v) is 4.46. The first-order valence-corrected chi connectivity index (χ1v) is 12.9. The monoisotopic (exact) mass is 539 g/mol. The predicted octanol–water partition coefficient (Wildman–Crippen LogP) is 6.30. The molecule has 0 aliphatic heterocycles. The van der Waals surface area contributed by atoms with Gasteiger partial charge in [0.25, 0.3) is 11.8 Å². The summed E-state index contributed by atoms with van der Waals surface area (Å²) in [6.45, 7) is 14.6. The van der Waals surface area contributed by atoms with E-state index in [9.17, 15) is 14.4 Å². The third kappa shape index (κ3) is 8.00. The second kappa shape index (κ2) is 12.8. The second-order valence-corrected chi connectivity index (χ2v) is 11.2. The standard InChI is InChI=1S/C30H38ClN3O4/c1-10-34(28(36)23(17-18(2)3)32-29(37)38-30(7,8)9)26(24-19(4)13-11-14-20(24)5)27(35)33-25-21(6)15-12-16-22(25)31/h1,11-16,18,23,26H,17H2,2-9H3,(H,32,37)(H,33,35). The second-order valence-electron chi connectivity index (χ2n) is 10.8. The van der Waals surface area contributed by atoms with Gasteiger partial charge < -0.3 is 15.4 Å². The molecule has 204 valence electrons. The topological polar surface area (TPSA) is 87.7 Å². The molecule has 2 aromatic carbocycles. The number of hydrogen-bond donors (Lipinski definition) is 2. The number of hydrogen-bond acceptors (Lipinski definition) is 4. The molecule has 2 atom stereocenters. The normalized spacial score (nSPS) is 12.8. The van der Waals surface area contributed by atoms with E-state index in [1.807, 2.05) is 58.9 Å². The highest BCUT2D eigenvalue weighted by Gasteiger charge is 2.37. The molecule has 0 heterocycles. The van der Waals surface area contributed by atoms with Crippen LogP contribution >= 0.6 is 11.6 Å². The number of halogens is 1. The van der Waals surface area contributed by atoms with Crippen LogP contribution in [-0.2, 0) is 14.3 Å². The van der Waals surface area contributed by atoms with Gasteiger partial charge in [0, 0.05) is 6.04 Å². The molecule has 0 bridgehead atoms. The first-order chi connectivity index (χ1) is 17.7. The van der Waals surface area contributed by atoms with Crippen molar-refractivity contribution >= 4 is 35.2 Å². The average Bonchev–Trinajstić information content (AvgIpc) is 2.78. The van der Waals surface area contributed by atoms with Crippen molar-refractivity contribution in [3.63, 3.8) is 0 Å². The number of nitrogens with one attached hydrogen (secondary N) is 2. The number of para-hydroxylation sites is 1. The van der Waals surface area contributed by atoms with Crippen molar-refractivity contribution in [2.24, 2.45) is 5.92 Å². The fraction of sp³-hybridized carbons (Fsp3) is 0.433. The van der Waals surface area contributed by atoms with Gasteiger partial charge in [-0.15, -0.1) is 0 Å². The maximum atomic E-state index is 13.9. The van der Waals surface area contributed by atoms with E-state index in [1.165, 1.54) is 0 Å². The summed E-state index contributed by atoms with van der Waals surface area (Å²) < 4.78 is 5.38. The van der Waals surface area contributed by atoms with Crippen molar-refractivity contribution in [3.8, 4) is 12.5 Å². The van der Waals surface area contributed by atoms with Crippen molar-refractivity contribution in [3.05, 3.63) is 63.7 Å². The van der Waals surface area contributed by atoms with E-state index in [2.05, 4.69) is 16.7 Å². The van der Waals surface area contributed by atoms with Crippen LogP contribution in [0.4, 0.5) is 10.5 Å². The summed E-state index contributed by atoms with van der Waals surface area (Å²) in [6, 6.07) is 11.1. The lowest BCUT2D eigenvalue weighted by molar-refractivity contribution is -0.137. The number of amides is 3. The minimum Gasteiger partial charge on any atom is -0.444 e. The Hall–Kier alpha value is -3.50. The minimum atomic E-state index is -1.18. The van der Waals surface area contributed by atoms with Crippen molar-refractivity contribution in [1.29, 1.82) is 0 Å². The number of nitrogens with zero attached hydrogens (tertiary/aromatic N) is 1. The molecular weight excluding hydrogens is 502 g/mol. The van der Waals surface area contributed by atoms with Gasteiger partial charge >= 0.3 is 6.09 Å². The average molecular weight is 540 g/mol. The zero-order chi connectivity index (χ0) is 28.8. The van der Waals surface area contributed by atoms with Crippen LogP contribution < -0.4 is 10.6 Å². The van der Waals surface area contributed by atoms with E-state index >= 15 is 0 Å². The molecule has 38 heavy (non-hydrogen) atoms. The smallest absolute Gasteiger partial charge is 0.408 e. The van der Waals surface area contributed by atoms with Crippen molar-refractivity contribution in [2.45, 2.75) is 79.5 Å². The molecule has 0 fully saturated rings. The maximum Gasteiger partial charge on any atom is 0.408 e. The maximum absolute atomic E-state index is 13.9. The molecule has 3 amide bonds. The Morgan fingerprint density at radius 1 is 1.03 bits per heavy atom. The summed E-state index contributed by atoms with van der Waals surface area (Å²) in [5.74, 6) is -1.08. The van der Waals surface area contributed by atoms with E-state index in [0.717, 1.165) is 21.6 Å². The van der Waals surface area contributed by atoms with Crippen LogP contribution in [0.25, 0.3) is 0 Å². The van der Waals surface area contributed by atoms with E-state index < -0.39 is 35.6 Å². The van der Waals surface area contributed by atoms with Crippen LogP contribution in [-0.4, -0.2) is 34.5 Å². The van der Waals surface area contributed by atoms with Gasteiger partial charge in [-0.3, -0.25) is 14.5 Å². The van der Waals surface area contributed by atoms with Crippen LogP contribution in [0.2, 0.25) is 5.02 Å². The highest BCUT2D eigenvalue weighted by Crippen LogP contribution is 2.32. The van der Waals surface area contributed by atoms with Crippen molar-refractivity contribution < 1.29 is 19.1 Å². The van der Waals surface area contributed by atoms with Gasteiger partial charge in [0.15, 0.2) is 0 Å². The Kier molecular flexibility index (Phi) is 10.4. The van der Waals surface area contributed by atoms with E-state index in [1.54, 1.807) is 32.9 Å². The first-order valence-electron chi connectivity index (χ1n) is 12.6. The summed E-state index contributed by atoms with van der Waals surface area (Å²) in [7, 11) is 0. The van der Waals surface area contributed by atoms with Crippen LogP contribution in [0.15, 0.2) is 36.4 Å². The number of anilines is 1. The Morgan fingerprint density at radius 3 is 2.08 bits per heavy atom. The highest BCUT2D eigenvalue weighted by atomic mass is 35.5. The van der Waals surface area contributed by atoms with Gasteiger partial charge in [0.2, 0.25) is 0 Å². The molecule has 0 saturated carbocycles. The third-order valence-electron chi connectivity index (χ3n) is 5.86. The number of rotatable bonds is 8. The van der Waals surface area contributed by atoms with Crippen LogP contribution in [0.1, 0.15) is 69.3 Å². The third-order valence-corrected chi connectivity index (χ3v) is 6.18. The van der Waals surface area contributed by atoms with Crippen molar-refractivity contribution in [2.75, 3.05) is 5.32 Å². The SMILES string of the molecule is C#CN(C(=O)C(CC(C)C)NC(=O)OC(C)(C)C)C(C(=O)Nc1c(C)cccc1Cl)c1c(C)cccc1C. The number of terminal acetylenes is 1. The largest absolute Gasteiger partial charge is 0.444 e. The quantitative estimate of drug-likeness (QED) is 0.304. The Balaban J connectivity index is 2.58. The molecule has 0 aliphatic rings. The summed E-state index contributed by atoms with van der Waals surface area (Å²) in [6.07, 6.45) is 5.46. The van der Waals surface area contributed by atoms with Crippen LogP contribution in [0, 0.1) is 39.2 Å². The van der Waals surface area contributed by atoms with E-state index in [0.29, 0.717) is 22.7 Å². The molecule has 0 saturated heterocycles. The van der Waals surface area contributed by atoms with Gasteiger partial charge in [-0.2, -0.15) is 0 Å². The number of carbonyl (C=O) groups excluding carboxylic acids is 3. The zero-order valence-electron chi connectivity index (χ0n) is 23.4. The molecule has 0 spiro atoms. The number of benzene rings is 2. The summed E-state index contributed by atoms with van der Waals surface area (Å²) in [5.41, 5.74) is 2.61. The Morgan fingerprint density at radius 2 is 1.58 bits per heavy atom. The molecule has 2 unspecified atom stereocenters. The van der Waals surface area contributed by atoms with E-state index in [-0.39, 0.29) is 5.92 Å². The molecular formula is C30H38ClN3O4. The lowest BCUT2D eigenvalue weighted by atomic mass is 9.93. The van der Waals surface area contributed by atoms with Gasteiger partial charge in [-0.05, 0) is 82.2 Å². The molecule has 2 rings (SSSR count). The lowest BCUT2D eigenvalue weighted by Gasteiger charge is -2.32. The summed E-state index contributed by atoms with van der Waals surface area (Å²) >= 11 is 6.38. The molecule has 0 aromatic heterocycles. The Labute approximate surface area is 231 Å². The van der Waals surface area contributed by atoms with Gasteiger partial charge in [0.1, 0.15) is 17.7 Å². The zero-order valence-corrected chi connectivity index (χ0v) is 24.2. The number of carbonyl (C=O) groups is 3. The van der Waals surface area contributed by atoms with Gasteiger partial charge in [-0.25, -0.2) is 4.79 Å². The molecule has 0 radical (unpaired) electrons. The van der Waals surface area contributed by atoms with E-state index in [4.69, 9.17) is 22.8 Å². The molecule has 7 nitrogen and oxygen atoms in total. The fourth-order valence-electron chi connectivity index (χ4n) is 4.19. The number of alkyl carbamates (subject to hydrolysis) is 1. The minimum absolute atomic E-state index is 0.0387. The summed E-state index contributed by atoms with van der Waals surface area (Å²) in [5, 5.41) is 5.90. The Bertz CT molecular complexity index is 1190. The molecule has 2 aromatic rings. The van der Waals surface area contributed by atoms with Gasteiger partial charge in [-0.1, -0.05) is 62.2 Å². The summed E-state index contributed by atoms with van der Waals surface area (Å²) in [4.78, 5) is 41.5. The molecule has 0 aliphatic carbocycles. The molecule has 2 N–H and O–H groups in total. The molecule has 8 heteroatoms. The highest BCUT2D eigenvalue weighted by molar-refractivity contribution is 6.34. The lowest BCUT2D eigenvalue weighted by Crippen LogP contribution is -2.51. The number of ether oxygens (including phenoxy) is 1. The van der Waals surface area contributed by atoms with Gasteiger partial charge in [0.05, 0.1) is 10.7 Å². The number of aryl methyl sites for hydroxylation is 3. The van der Waals surface area contributed by atoms with Crippen molar-refractivity contribution in [1.82, 2.24) is 10.2 Å². The van der Waals surface area contributed by atoms with Crippen LogP contribution in [0.5, 0.6) is 0 Å².